The van der Waals surface area contributed by atoms with Crippen molar-refractivity contribution < 1.29 is 9.59 Å². The zero-order valence-electron chi connectivity index (χ0n) is 14.1. The van der Waals surface area contributed by atoms with Gasteiger partial charge in [0.15, 0.2) is 0 Å². The summed E-state index contributed by atoms with van der Waals surface area (Å²) in [5.74, 6) is -0.141. The summed E-state index contributed by atoms with van der Waals surface area (Å²) in [5.41, 5.74) is 1.15. The smallest absolute Gasteiger partial charge is 0.251 e. The van der Waals surface area contributed by atoms with Gasteiger partial charge in [0.05, 0.1) is 6.54 Å². The van der Waals surface area contributed by atoms with E-state index in [1.165, 1.54) is 0 Å². The van der Waals surface area contributed by atoms with E-state index in [9.17, 15) is 9.59 Å². The number of carbonyl (C=O) groups is 2. The van der Waals surface area contributed by atoms with Crippen LogP contribution in [0, 0.1) is 0 Å². The molecule has 0 saturated heterocycles. The van der Waals surface area contributed by atoms with Gasteiger partial charge >= 0.3 is 0 Å². The second-order valence-corrected chi connectivity index (χ2v) is 6.51. The van der Waals surface area contributed by atoms with Gasteiger partial charge in [-0.05, 0) is 58.4 Å². The Balaban J connectivity index is 2.52. The van der Waals surface area contributed by atoms with E-state index in [0.29, 0.717) is 5.56 Å². The Morgan fingerprint density at radius 2 is 1.73 bits per heavy atom. The van der Waals surface area contributed by atoms with Gasteiger partial charge in [0.25, 0.3) is 5.91 Å². The summed E-state index contributed by atoms with van der Waals surface area (Å²) in [4.78, 5) is 23.7. The quantitative estimate of drug-likeness (QED) is 0.756. The van der Waals surface area contributed by atoms with Gasteiger partial charge in [-0.3, -0.25) is 9.59 Å². The highest BCUT2D eigenvalue weighted by atomic mass is 16.2. The molecule has 0 aliphatic carbocycles. The van der Waals surface area contributed by atoms with Crippen LogP contribution in [-0.4, -0.2) is 29.9 Å². The first-order chi connectivity index (χ1) is 10.2. The molecule has 0 aromatic heterocycles. The number of nitrogens with one attached hydrogen (secondary N) is 3. The summed E-state index contributed by atoms with van der Waals surface area (Å²) >= 11 is 0. The van der Waals surface area contributed by atoms with Crippen LogP contribution in [0.25, 0.3) is 0 Å². The Morgan fingerprint density at radius 1 is 1.14 bits per heavy atom. The largest absolute Gasteiger partial charge is 0.376 e. The predicted molar refractivity (Wildman–Crippen MR) is 90.0 cm³/mol. The van der Waals surface area contributed by atoms with Gasteiger partial charge in [0, 0.05) is 22.8 Å². The molecule has 0 saturated carbocycles. The first kappa shape index (κ1) is 18.0. The molecular formula is C17H27N3O2. The molecule has 0 radical (unpaired) electrons. The maximum Gasteiger partial charge on any atom is 0.251 e. The van der Waals surface area contributed by atoms with Gasteiger partial charge in [-0.15, -0.1) is 0 Å². The molecule has 0 aliphatic heterocycles. The van der Waals surface area contributed by atoms with E-state index < -0.39 is 0 Å². The zero-order valence-corrected chi connectivity index (χ0v) is 14.1. The van der Waals surface area contributed by atoms with Crippen LogP contribution in [0.3, 0.4) is 0 Å². The van der Waals surface area contributed by atoms with Crippen molar-refractivity contribution in [1.82, 2.24) is 10.6 Å². The molecule has 1 unspecified atom stereocenters. The van der Waals surface area contributed by atoms with Crippen LogP contribution in [0.1, 0.15) is 51.4 Å². The molecule has 5 nitrogen and oxygen atoms in total. The fourth-order valence-corrected chi connectivity index (χ4v) is 1.76. The Kier molecular flexibility index (Phi) is 6.40. The topological polar surface area (TPSA) is 70.2 Å². The number of amides is 2. The third-order valence-corrected chi connectivity index (χ3v) is 3.11. The van der Waals surface area contributed by atoms with E-state index in [2.05, 4.69) is 16.0 Å². The number of hydrogen-bond acceptors (Lipinski definition) is 3. The third kappa shape index (κ3) is 6.61. The Morgan fingerprint density at radius 3 is 2.23 bits per heavy atom. The molecule has 5 heteroatoms. The molecule has 1 atom stereocenters. The summed E-state index contributed by atoms with van der Waals surface area (Å²) in [7, 11) is 0. The zero-order chi connectivity index (χ0) is 16.8. The summed E-state index contributed by atoms with van der Waals surface area (Å²) in [6.45, 7) is 10.0. The monoisotopic (exact) mass is 305 g/mol. The number of rotatable bonds is 6. The lowest BCUT2D eigenvalue weighted by atomic mass is 10.1. The first-order valence-electron chi connectivity index (χ1n) is 7.67. The maximum absolute atomic E-state index is 12.0. The minimum absolute atomic E-state index is 0.0381. The molecule has 1 rings (SSSR count). The number of benzene rings is 1. The lowest BCUT2D eigenvalue weighted by Gasteiger charge is -2.20. The van der Waals surface area contributed by atoms with Crippen molar-refractivity contribution in [3.8, 4) is 0 Å². The minimum atomic E-state index is -0.262. The molecule has 0 fully saturated rings. The Bertz CT molecular complexity index is 504. The van der Waals surface area contributed by atoms with E-state index in [1.54, 1.807) is 24.3 Å². The van der Waals surface area contributed by atoms with Crippen molar-refractivity contribution >= 4 is 17.5 Å². The number of anilines is 1. The summed E-state index contributed by atoms with van der Waals surface area (Å²) in [6, 6.07) is 7.27. The van der Waals surface area contributed by atoms with Crippen LogP contribution in [0.2, 0.25) is 0 Å². The average molecular weight is 305 g/mol. The minimum Gasteiger partial charge on any atom is -0.376 e. The van der Waals surface area contributed by atoms with Crippen molar-refractivity contribution in [1.29, 1.82) is 0 Å². The lowest BCUT2D eigenvalue weighted by molar-refractivity contribution is -0.120. The van der Waals surface area contributed by atoms with E-state index in [-0.39, 0.29) is 29.9 Å². The van der Waals surface area contributed by atoms with E-state index in [4.69, 9.17) is 0 Å². The lowest BCUT2D eigenvalue weighted by Crippen LogP contribution is -2.40. The summed E-state index contributed by atoms with van der Waals surface area (Å²) in [5, 5.41) is 8.84. The fraction of sp³-hybridized carbons (Fsp3) is 0.529. The van der Waals surface area contributed by atoms with Crippen LogP contribution in [0.15, 0.2) is 24.3 Å². The van der Waals surface area contributed by atoms with Gasteiger partial charge < -0.3 is 16.0 Å². The fourth-order valence-electron chi connectivity index (χ4n) is 1.76. The Hall–Kier alpha value is -2.04. The van der Waals surface area contributed by atoms with Crippen LogP contribution < -0.4 is 16.0 Å². The van der Waals surface area contributed by atoms with Crippen molar-refractivity contribution in [2.45, 2.75) is 52.6 Å². The van der Waals surface area contributed by atoms with Crippen molar-refractivity contribution in [2.24, 2.45) is 0 Å². The molecular weight excluding hydrogens is 278 g/mol. The second-order valence-electron chi connectivity index (χ2n) is 6.51. The van der Waals surface area contributed by atoms with Gasteiger partial charge in [-0.1, -0.05) is 6.92 Å². The summed E-state index contributed by atoms with van der Waals surface area (Å²) in [6.07, 6.45) is 0.906. The molecule has 0 bridgehead atoms. The van der Waals surface area contributed by atoms with E-state index >= 15 is 0 Å². The van der Waals surface area contributed by atoms with Crippen LogP contribution in [0.4, 0.5) is 5.69 Å². The van der Waals surface area contributed by atoms with Crippen molar-refractivity contribution in [2.75, 3.05) is 11.9 Å². The van der Waals surface area contributed by atoms with Crippen LogP contribution >= 0.6 is 0 Å². The molecule has 122 valence electrons. The first-order valence-corrected chi connectivity index (χ1v) is 7.67. The molecule has 2 amide bonds. The molecule has 1 aromatic carbocycles. The maximum atomic E-state index is 12.0. The SMILES string of the molecule is CCC(C)NC(=O)CNc1ccc(C(=O)NC(C)(C)C)cc1. The second kappa shape index (κ2) is 7.82. The molecule has 3 N–H and O–H groups in total. The number of hydrogen-bond donors (Lipinski definition) is 3. The average Bonchev–Trinajstić information content (AvgIpc) is 2.43. The van der Waals surface area contributed by atoms with Gasteiger partial charge in [0.1, 0.15) is 0 Å². The number of carbonyl (C=O) groups excluding carboxylic acids is 2. The highest BCUT2D eigenvalue weighted by molar-refractivity contribution is 5.95. The van der Waals surface area contributed by atoms with Gasteiger partial charge in [0.2, 0.25) is 5.91 Å². The van der Waals surface area contributed by atoms with Crippen molar-refractivity contribution in [3.05, 3.63) is 29.8 Å². The molecule has 22 heavy (non-hydrogen) atoms. The van der Waals surface area contributed by atoms with Crippen LogP contribution in [-0.2, 0) is 4.79 Å². The predicted octanol–water partition coefficient (Wildman–Crippen LogP) is 2.54. The van der Waals surface area contributed by atoms with E-state index in [0.717, 1.165) is 12.1 Å². The van der Waals surface area contributed by atoms with Crippen molar-refractivity contribution in [3.63, 3.8) is 0 Å². The normalized spacial score (nSPS) is 12.4. The molecule has 0 spiro atoms. The van der Waals surface area contributed by atoms with Gasteiger partial charge in [-0.2, -0.15) is 0 Å². The highest BCUT2D eigenvalue weighted by Gasteiger charge is 2.15. The van der Waals surface area contributed by atoms with Gasteiger partial charge in [-0.25, -0.2) is 0 Å². The molecule has 0 heterocycles. The van der Waals surface area contributed by atoms with E-state index in [1.807, 2.05) is 34.6 Å². The highest BCUT2D eigenvalue weighted by Crippen LogP contribution is 2.10. The summed E-state index contributed by atoms with van der Waals surface area (Å²) < 4.78 is 0. The standard InChI is InChI=1S/C17H27N3O2/c1-6-12(2)19-15(21)11-18-14-9-7-13(8-10-14)16(22)20-17(3,4)5/h7-10,12,18H,6,11H2,1-5H3,(H,19,21)(H,20,22). The Labute approximate surface area is 132 Å². The molecule has 1 aromatic rings. The van der Waals surface area contributed by atoms with Crippen LogP contribution in [0.5, 0.6) is 0 Å². The third-order valence-electron chi connectivity index (χ3n) is 3.11. The molecule has 0 aliphatic rings.